The Morgan fingerprint density at radius 3 is 2.36 bits per heavy atom. The molecule has 1 aliphatic rings. The number of urea groups is 1. The van der Waals surface area contributed by atoms with E-state index in [4.69, 9.17) is 0 Å². The molecule has 1 aliphatic heterocycles. The minimum atomic E-state index is -0.0861. The van der Waals surface area contributed by atoms with Crippen molar-refractivity contribution >= 4 is 11.7 Å². The van der Waals surface area contributed by atoms with Gasteiger partial charge in [0.15, 0.2) is 0 Å². The van der Waals surface area contributed by atoms with Crippen LogP contribution in [-0.4, -0.2) is 37.1 Å². The van der Waals surface area contributed by atoms with Crippen molar-refractivity contribution in [2.45, 2.75) is 46.0 Å². The number of likely N-dealkylation sites (tertiary alicyclic amines) is 1. The van der Waals surface area contributed by atoms with Gasteiger partial charge in [-0.3, -0.25) is 0 Å². The second-order valence-electron chi connectivity index (χ2n) is 5.94. The quantitative estimate of drug-likeness (QED) is 0.758. The molecule has 0 unspecified atom stereocenters. The third-order valence-corrected chi connectivity index (χ3v) is 4.37. The van der Waals surface area contributed by atoms with Gasteiger partial charge in [0.05, 0.1) is 0 Å². The molecule has 1 heterocycles. The van der Waals surface area contributed by atoms with E-state index < -0.39 is 0 Å². The van der Waals surface area contributed by atoms with Crippen LogP contribution in [0.2, 0.25) is 0 Å². The molecule has 1 aromatic carbocycles. The predicted octanol–water partition coefficient (Wildman–Crippen LogP) is 3.42. The minimum absolute atomic E-state index is 0.0861. The van der Waals surface area contributed by atoms with Crippen molar-refractivity contribution in [3.63, 3.8) is 0 Å². The summed E-state index contributed by atoms with van der Waals surface area (Å²) in [5.41, 5.74) is 3.39. The summed E-state index contributed by atoms with van der Waals surface area (Å²) >= 11 is 0. The van der Waals surface area contributed by atoms with E-state index >= 15 is 0 Å². The third-order valence-electron chi connectivity index (χ3n) is 4.37. The van der Waals surface area contributed by atoms with Crippen molar-refractivity contribution < 1.29 is 4.79 Å². The van der Waals surface area contributed by atoms with Crippen LogP contribution in [0.3, 0.4) is 0 Å². The highest BCUT2D eigenvalue weighted by molar-refractivity contribution is 5.91. The van der Waals surface area contributed by atoms with Gasteiger partial charge >= 0.3 is 6.03 Å². The van der Waals surface area contributed by atoms with Gasteiger partial charge in [-0.05, 0) is 62.9 Å². The molecule has 0 spiro atoms. The number of rotatable bonds is 7. The van der Waals surface area contributed by atoms with E-state index in [0.29, 0.717) is 0 Å². The molecule has 4 heteroatoms. The largest absolute Gasteiger partial charge is 0.338 e. The van der Waals surface area contributed by atoms with E-state index in [1.807, 2.05) is 0 Å². The average molecular weight is 303 g/mol. The number of nitrogens with zero attached hydrogens (tertiary/aromatic N) is 1. The maximum atomic E-state index is 12.1. The first-order valence-electron chi connectivity index (χ1n) is 8.62. The molecule has 122 valence electrons. The lowest BCUT2D eigenvalue weighted by Crippen LogP contribution is -2.32. The van der Waals surface area contributed by atoms with E-state index in [0.717, 1.165) is 38.0 Å². The summed E-state index contributed by atoms with van der Waals surface area (Å²) in [5, 5.41) is 6.03. The number of carbonyl (C=O) groups is 1. The molecule has 4 nitrogen and oxygen atoms in total. The minimum Gasteiger partial charge on any atom is -0.338 e. The van der Waals surface area contributed by atoms with Crippen molar-refractivity contribution in [3.8, 4) is 0 Å². The zero-order valence-electron chi connectivity index (χ0n) is 14.0. The number of aryl methyl sites for hydroxylation is 2. The molecule has 0 aliphatic carbocycles. The topological polar surface area (TPSA) is 44.4 Å². The lowest BCUT2D eigenvalue weighted by Gasteiger charge is -2.16. The first-order valence-corrected chi connectivity index (χ1v) is 8.62. The third kappa shape index (κ3) is 4.73. The van der Waals surface area contributed by atoms with Crippen LogP contribution in [0.4, 0.5) is 10.5 Å². The molecule has 22 heavy (non-hydrogen) atoms. The van der Waals surface area contributed by atoms with Crippen molar-refractivity contribution in [2.75, 3.05) is 31.5 Å². The smallest absolute Gasteiger partial charge is 0.319 e. The summed E-state index contributed by atoms with van der Waals surface area (Å²) in [6, 6.07) is 6.15. The second-order valence-corrected chi connectivity index (χ2v) is 5.94. The van der Waals surface area contributed by atoms with Gasteiger partial charge in [-0.2, -0.15) is 0 Å². The van der Waals surface area contributed by atoms with E-state index in [-0.39, 0.29) is 6.03 Å². The Balaban J connectivity index is 1.78. The zero-order valence-corrected chi connectivity index (χ0v) is 14.0. The number of hydrogen-bond acceptors (Lipinski definition) is 2. The molecular weight excluding hydrogens is 274 g/mol. The van der Waals surface area contributed by atoms with Gasteiger partial charge in [0, 0.05) is 12.2 Å². The first kappa shape index (κ1) is 16.8. The zero-order chi connectivity index (χ0) is 15.8. The van der Waals surface area contributed by atoms with Crippen molar-refractivity contribution in [3.05, 3.63) is 29.3 Å². The Bertz CT molecular complexity index is 459. The fourth-order valence-corrected chi connectivity index (χ4v) is 3.07. The summed E-state index contributed by atoms with van der Waals surface area (Å²) in [4.78, 5) is 14.6. The Morgan fingerprint density at radius 1 is 1.14 bits per heavy atom. The van der Waals surface area contributed by atoms with Gasteiger partial charge in [0.1, 0.15) is 0 Å². The Hall–Kier alpha value is -1.55. The fraction of sp³-hybridized carbons (Fsp3) is 0.611. The number of anilines is 1. The van der Waals surface area contributed by atoms with Crippen LogP contribution in [-0.2, 0) is 12.8 Å². The molecule has 0 aromatic heterocycles. The molecule has 1 aromatic rings. The van der Waals surface area contributed by atoms with Gasteiger partial charge in [-0.1, -0.05) is 32.0 Å². The number of carbonyl (C=O) groups excluding carboxylic acids is 1. The molecule has 2 amide bonds. The summed E-state index contributed by atoms with van der Waals surface area (Å²) < 4.78 is 0. The highest BCUT2D eigenvalue weighted by Gasteiger charge is 2.11. The number of amides is 2. The Kier molecular flexibility index (Phi) is 6.72. The van der Waals surface area contributed by atoms with E-state index in [1.165, 1.54) is 37.1 Å². The number of para-hydroxylation sites is 1. The van der Waals surface area contributed by atoms with E-state index in [1.54, 1.807) is 0 Å². The van der Waals surface area contributed by atoms with Crippen LogP contribution in [0.5, 0.6) is 0 Å². The maximum absolute atomic E-state index is 12.1. The SMILES string of the molecule is CCc1cccc(CC)c1NC(=O)NCCCN1CCCC1. The van der Waals surface area contributed by atoms with Gasteiger partial charge in [-0.15, -0.1) is 0 Å². The second kappa shape index (κ2) is 8.79. The standard InChI is InChI=1S/C18H29N3O/c1-3-15-9-7-10-16(4-2)17(15)20-18(22)19-11-8-14-21-12-5-6-13-21/h7,9-10H,3-6,8,11-14H2,1-2H3,(H2,19,20,22). The van der Waals surface area contributed by atoms with E-state index in [2.05, 4.69) is 47.6 Å². The first-order chi connectivity index (χ1) is 10.7. The monoisotopic (exact) mass is 303 g/mol. The highest BCUT2D eigenvalue weighted by Crippen LogP contribution is 2.22. The molecule has 2 N–H and O–H groups in total. The molecular formula is C18H29N3O. The summed E-state index contributed by atoms with van der Waals surface area (Å²) in [7, 11) is 0. The lowest BCUT2D eigenvalue weighted by atomic mass is 10.0. The number of hydrogen-bond donors (Lipinski definition) is 2. The van der Waals surface area contributed by atoms with Crippen LogP contribution in [0.1, 0.15) is 44.2 Å². The van der Waals surface area contributed by atoms with Crippen LogP contribution in [0.25, 0.3) is 0 Å². The fourth-order valence-electron chi connectivity index (χ4n) is 3.07. The van der Waals surface area contributed by atoms with Gasteiger partial charge in [-0.25, -0.2) is 4.79 Å². The summed E-state index contributed by atoms with van der Waals surface area (Å²) in [6.45, 7) is 8.50. The predicted molar refractivity (Wildman–Crippen MR) is 92.5 cm³/mol. The maximum Gasteiger partial charge on any atom is 0.319 e. The number of benzene rings is 1. The van der Waals surface area contributed by atoms with Gasteiger partial charge in [0.2, 0.25) is 0 Å². The molecule has 0 radical (unpaired) electrons. The molecule has 0 atom stereocenters. The number of nitrogens with one attached hydrogen (secondary N) is 2. The van der Waals surface area contributed by atoms with Crippen molar-refractivity contribution in [1.29, 1.82) is 0 Å². The highest BCUT2D eigenvalue weighted by atomic mass is 16.2. The van der Waals surface area contributed by atoms with Crippen LogP contribution < -0.4 is 10.6 Å². The summed E-state index contributed by atoms with van der Waals surface area (Å²) in [6.07, 6.45) is 5.52. The lowest BCUT2D eigenvalue weighted by molar-refractivity contribution is 0.251. The summed E-state index contributed by atoms with van der Waals surface area (Å²) in [5.74, 6) is 0. The Labute approximate surface area is 134 Å². The Morgan fingerprint density at radius 2 is 1.77 bits per heavy atom. The molecule has 1 saturated heterocycles. The van der Waals surface area contributed by atoms with Crippen molar-refractivity contribution in [1.82, 2.24) is 10.2 Å². The van der Waals surface area contributed by atoms with E-state index in [9.17, 15) is 4.79 Å². The molecule has 0 saturated carbocycles. The molecule has 2 rings (SSSR count). The molecule has 1 fully saturated rings. The van der Waals surface area contributed by atoms with Gasteiger partial charge in [0.25, 0.3) is 0 Å². The average Bonchev–Trinajstić information content (AvgIpc) is 3.05. The van der Waals surface area contributed by atoms with Crippen molar-refractivity contribution in [2.24, 2.45) is 0 Å². The van der Waals surface area contributed by atoms with Crippen LogP contribution in [0, 0.1) is 0 Å². The van der Waals surface area contributed by atoms with Gasteiger partial charge < -0.3 is 15.5 Å². The normalized spacial score (nSPS) is 15.0. The van der Waals surface area contributed by atoms with Crippen LogP contribution in [0.15, 0.2) is 18.2 Å². The molecule has 0 bridgehead atoms. The van der Waals surface area contributed by atoms with Crippen LogP contribution >= 0.6 is 0 Å².